The molecule has 0 aliphatic heterocycles. The lowest BCUT2D eigenvalue weighted by atomic mass is 10.2. The van der Waals surface area contributed by atoms with Crippen LogP contribution in [0.5, 0.6) is 0 Å². The molecule has 3 rings (SSSR count). The van der Waals surface area contributed by atoms with Crippen LogP contribution in [0.3, 0.4) is 0 Å². The fraction of sp³-hybridized carbons (Fsp3) is 0.130. The zero-order chi connectivity index (χ0) is 24.7. The van der Waals surface area contributed by atoms with Crippen molar-refractivity contribution in [1.82, 2.24) is 5.32 Å². The van der Waals surface area contributed by atoms with Gasteiger partial charge < -0.3 is 16.0 Å². The number of carbonyl (C=O) groups is 2. The van der Waals surface area contributed by atoms with Gasteiger partial charge in [0.15, 0.2) is 0 Å². The lowest BCUT2D eigenvalue weighted by Crippen LogP contribution is -2.42. The van der Waals surface area contributed by atoms with E-state index in [0.29, 0.717) is 20.9 Å². The standard InChI is InChI=1S/C23H19BrClF3N4O2/c24-19-6-1-2-7-20(19)31-21(33)29-12-13-32(18-5-3-4-15(14-18)23(26,27)28)22(34)30-17-10-8-16(25)9-11-17/h1-11,14H,12-13H2,(H,30,34)(H2,29,31,33). The number of hydrogen-bond donors (Lipinski definition) is 3. The summed E-state index contributed by atoms with van der Waals surface area (Å²) in [6.45, 7) is -0.120. The molecule has 0 heterocycles. The summed E-state index contributed by atoms with van der Waals surface area (Å²) in [6, 6.07) is 16.4. The highest BCUT2D eigenvalue weighted by molar-refractivity contribution is 9.10. The van der Waals surface area contributed by atoms with Gasteiger partial charge in [0.05, 0.1) is 11.3 Å². The SMILES string of the molecule is O=C(NCCN(C(=O)Nc1ccc(Cl)cc1)c1cccc(C(F)(F)F)c1)Nc1ccccc1Br. The van der Waals surface area contributed by atoms with Crippen molar-refractivity contribution in [3.8, 4) is 0 Å². The molecule has 3 N–H and O–H groups in total. The van der Waals surface area contributed by atoms with Gasteiger partial charge in [-0.05, 0) is 70.5 Å². The molecule has 0 spiro atoms. The van der Waals surface area contributed by atoms with Crippen molar-refractivity contribution in [3.05, 3.63) is 87.9 Å². The van der Waals surface area contributed by atoms with E-state index in [1.54, 1.807) is 48.5 Å². The number of para-hydroxylation sites is 1. The topological polar surface area (TPSA) is 73.5 Å². The molecule has 34 heavy (non-hydrogen) atoms. The molecule has 6 nitrogen and oxygen atoms in total. The monoisotopic (exact) mass is 554 g/mol. The lowest BCUT2D eigenvalue weighted by molar-refractivity contribution is -0.137. The second kappa shape index (κ2) is 11.3. The van der Waals surface area contributed by atoms with E-state index in [0.717, 1.165) is 17.0 Å². The van der Waals surface area contributed by atoms with Crippen molar-refractivity contribution in [2.45, 2.75) is 6.18 Å². The molecule has 0 aromatic heterocycles. The van der Waals surface area contributed by atoms with E-state index in [9.17, 15) is 22.8 Å². The number of halogens is 5. The predicted molar refractivity (Wildman–Crippen MR) is 130 cm³/mol. The average Bonchev–Trinajstić information content (AvgIpc) is 2.79. The van der Waals surface area contributed by atoms with Gasteiger partial charge in [-0.1, -0.05) is 29.8 Å². The van der Waals surface area contributed by atoms with Crippen LogP contribution in [0.15, 0.2) is 77.3 Å². The Labute approximate surface area is 207 Å². The Morgan fingerprint density at radius 2 is 1.65 bits per heavy atom. The van der Waals surface area contributed by atoms with Crippen molar-refractivity contribution in [3.63, 3.8) is 0 Å². The number of amides is 4. The summed E-state index contributed by atoms with van der Waals surface area (Å²) in [7, 11) is 0. The zero-order valence-electron chi connectivity index (χ0n) is 17.5. The van der Waals surface area contributed by atoms with E-state index in [1.807, 2.05) is 0 Å². The number of nitrogens with one attached hydrogen (secondary N) is 3. The van der Waals surface area contributed by atoms with Crippen molar-refractivity contribution in [2.24, 2.45) is 0 Å². The highest BCUT2D eigenvalue weighted by atomic mass is 79.9. The van der Waals surface area contributed by atoms with E-state index in [2.05, 4.69) is 31.9 Å². The summed E-state index contributed by atoms with van der Waals surface area (Å²) in [5.74, 6) is 0. The van der Waals surface area contributed by atoms with Crippen LogP contribution in [-0.4, -0.2) is 25.2 Å². The quantitative estimate of drug-likeness (QED) is 0.307. The van der Waals surface area contributed by atoms with Crippen molar-refractivity contribution < 1.29 is 22.8 Å². The number of rotatable bonds is 6. The molecule has 0 aliphatic rings. The third-order valence-corrected chi connectivity index (χ3v) is 5.51. The summed E-state index contributed by atoms with van der Waals surface area (Å²) in [6.07, 6.45) is -4.57. The highest BCUT2D eigenvalue weighted by Crippen LogP contribution is 2.32. The molecule has 0 radical (unpaired) electrons. The third kappa shape index (κ3) is 7.13. The molecule has 0 atom stereocenters. The molecule has 0 fully saturated rings. The van der Waals surface area contributed by atoms with E-state index in [4.69, 9.17) is 11.6 Å². The first-order chi connectivity index (χ1) is 16.1. The number of carbonyl (C=O) groups excluding carboxylic acids is 2. The minimum Gasteiger partial charge on any atom is -0.336 e. The van der Waals surface area contributed by atoms with Gasteiger partial charge >= 0.3 is 18.2 Å². The molecular weight excluding hydrogens is 537 g/mol. The first-order valence-electron chi connectivity index (χ1n) is 9.94. The minimum absolute atomic E-state index is 0.0225. The second-order valence-electron chi connectivity index (χ2n) is 7.00. The van der Waals surface area contributed by atoms with Crippen LogP contribution in [0.2, 0.25) is 5.02 Å². The number of nitrogens with zero attached hydrogens (tertiary/aromatic N) is 1. The smallest absolute Gasteiger partial charge is 0.336 e. The molecule has 0 bridgehead atoms. The van der Waals surface area contributed by atoms with Crippen LogP contribution in [0.1, 0.15) is 5.56 Å². The van der Waals surface area contributed by atoms with Gasteiger partial charge in [0, 0.05) is 34.0 Å². The molecule has 0 unspecified atom stereocenters. The number of alkyl halides is 3. The van der Waals surface area contributed by atoms with Crippen LogP contribution < -0.4 is 20.9 Å². The van der Waals surface area contributed by atoms with Crippen LogP contribution in [0, 0.1) is 0 Å². The summed E-state index contributed by atoms with van der Waals surface area (Å²) in [5.41, 5.74) is 0.0736. The van der Waals surface area contributed by atoms with Crippen LogP contribution in [0.4, 0.5) is 39.8 Å². The van der Waals surface area contributed by atoms with Gasteiger partial charge in [0.2, 0.25) is 0 Å². The number of urea groups is 2. The van der Waals surface area contributed by atoms with Crippen molar-refractivity contribution >= 4 is 56.7 Å². The maximum atomic E-state index is 13.2. The largest absolute Gasteiger partial charge is 0.416 e. The van der Waals surface area contributed by atoms with Gasteiger partial charge in [0.25, 0.3) is 0 Å². The Bertz CT molecular complexity index is 1160. The maximum Gasteiger partial charge on any atom is 0.416 e. The van der Waals surface area contributed by atoms with Gasteiger partial charge in [-0.2, -0.15) is 13.2 Å². The lowest BCUT2D eigenvalue weighted by Gasteiger charge is -2.24. The fourth-order valence-corrected chi connectivity index (χ4v) is 3.44. The predicted octanol–water partition coefficient (Wildman–Crippen LogP) is 6.98. The molecule has 3 aromatic rings. The molecule has 0 saturated carbocycles. The van der Waals surface area contributed by atoms with E-state index < -0.39 is 23.8 Å². The second-order valence-corrected chi connectivity index (χ2v) is 8.29. The maximum absolute atomic E-state index is 13.2. The summed E-state index contributed by atoms with van der Waals surface area (Å²) < 4.78 is 40.3. The summed E-state index contributed by atoms with van der Waals surface area (Å²) in [5, 5.41) is 8.34. The van der Waals surface area contributed by atoms with Crippen molar-refractivity contribution in [2.75, 3.05) is 28.6 Å². The Hall–Kier alpha value is -3.24. The third-order valence-electron chi connectivity index (χ3n) is 4.57. The Morgan fingerprint density at radius 3 is 2.32 bits per heavy atom. The Morgan fingerprint density at radius 1 is 0.941 bits per heavy atom. The molecule has 11 heteroatoms. The zero-order valence-corrected chi connectivity index (χ0v) is 19.8. The number of anilines is 3. The van der Waals surface area contributed by atoms with E-state index in [-0.39, 0.29) is 18.8 Å². The van der Waals surface area contributed by atoms with Crippen LogP contribution in [-0.2, 0) is 6.18 Å². The van der Waals surface area contributed by atoms with E-state index in [1.165, 1.54) is 12.1 Å². The van der Waals surface area contributed by atoms with Gasteiger partial charge in [-0.25, -0.2) is 9.59 Å². The molecule has 0 aliphatic carbocycles. The van der Waals surface area contributed by atoms with E-state index >= 15 is 0 Å². The number of benzene rings is 3. The van der Waals surface area contributed by atoms with Gasteiger partial charge in [0.1, 0.15) is 0 Å². The highest BCUT2D eigenvalue weighted by Gasteiger charge is 2.31. The molecule has 0 saturated heterocycles. The average molecular weight is 556 g/mol. The summed E-state index contributed by atoms with van der Waals surface area (Å²) in [4.78, 5) is 26.3. The first-order valence-corrected chi connectivity index (χ1v) is 11.1. The normalized spacial score (nSPS) is 11.0. The molecule has 4 amide bonds. The molecule has 3 aromatic carbocycles. The fourth-order valence-electron chi connectivity index (χ4n) is 2.93. The Kier molecular flexibility index (Phi) is 8.41. The van der Waals surface area contributed by atoms with Gasteiger partial charge in [-0.15, -0.1) is 0 Å². The van der Waals surface area contributed by atoms with Crippen LogP contribution in [0.25, 0.3) is 0 Å². The van der Waals surface area contributed by atoms with Crippen molar-refractivity contribution in [1.29, 1.82) is 0 Å². The first kappa shape index (κ1) is 25.4. The molecular formula is C23H19BrClF3N4O2. The van der Waals surface area contributed by atoms with Gasteiger partial charge in [-0.3, -0.25) is 4.90 Å². The Balaban J connectivity index is 1.73. The molecule has 178 valence electrons. The van der Waals surface area contributed by atoms with Crippen LogP contribution >= 0.6 is 27.5 Å². The summed E-state index contributed by atoms with van der Waals surface area (Å²) >= 11 is 9.17. The minimum atomic E-state index is -4.57. The number of hydrogen-bond acceptors (Lipinski definition) is 2.